The van der Waals surface area contributed by atoms with Crippen molar-refractivity contribution in [3.8, 4) is 10.4 Å². The molecule has 2 amide bonds. The van der Waals surface area contributed by atoms with Crippen LogP contribution >= 0.6 is 11.3 Å². The molecule has 1 fully saturated rings. The predicted octanol–water partition coefficient (Wildman–Crippen LogP) is 4.48. The molecule has 2 heterocycles. The summed E-state index contributed by atoms with van der Waals surface area (Å²) in [6, 6.07) is 11.0. The highest BCUT2D eigenvalue weighted by Crippen LogP contribution is 2.47. The second kappa shape index (κ2) is 9.33. The second-order valence-electron chi connectivity index (χ2n) is 9.51. The van der Waals surface area contributed by atoms with E-state index in [1.165, 1.54) is 11.3 Å². The van der Waals surface area contributed by atoms with Crippen molar-refractivity contribution in [1.29, 1.82) is 0 Å². The van der Waals surface area contributed by atoms with E-state index in [4.69, 9.17) is 5.21 Å². The first kappa shape index (κ1) is 24.4. The number of carbonyl (C=O) groups excluding carboxylic acids is 2. The Hall–Kier alpha value is -2.23. The van der Waals surface area contributed by atoms with Gasteiger partial charge in [-0.25, -0.2) is 13.9 Å². The average Bonchev–Trinajstić information content (AvgIpc) is 3.19. The van der Waals surface area contributed by atoms with E-state index in [1.807, 2.05) is 51.1 Å². The summed E-state index contributed by atoms with van der Waals surface area (Å²) >= 11 is 1.33. The van der Waals surface area contributed by atoms with Crippen molar-refractivity contribution in [1.82, 2.24) is 5.48 Å². The highest BCUT2D eigenvalue weighted by atomic mass is 32.2. The quantitative estimate of drug-likeness (QED) is 0.419. The fraction of sp³-hybridized carbons (Fsp3) is 0.478. The normalized spacial score (nSPS) is 20.5. The molecule has 0 aliphatic carbocycles. The van der Waals surface area contributed by atoms with Crippen molar-refractivity contribution in [2.75, 3.05) is 11.1 Å². The van der Waals surface area contributed by atoms with Gasteiger partial charge in [0.25, 0.3) is 0 Å². The highest BCUT2D eigenvalue weighted by molar-refractivity contribution is 7.92. The van der Waals surface area contributed by atoms with Gasteiger partial charge in [-0.05, 0) is 48.1 Å². The Kier molecular flexibility index (Phi) is 7.12. The first-order chi connectivity index (χ1) is 15.0. The van der Waals surface area contributed by atoms with E-state index >= 15 is 0 Å². The summed E-state index contributed by atoms with van der Waals surface area (Å²) in [6.07, 6.45) is 1.69. The number of amides is 2. The molecule has 3 N–H and O–H groups in total. The Balaban J connectivity index is 1.91. The lowest BCUT2D eigenvalue weighted by Crippen LogP contribution is -2.43. The Labute approximate surface area is 193 Å². The maximum absolute atomic E-state index is 13.1. The number of hydroxylamine groups is 1. The van der Waals surface area contributed by atoms with Crippen LogP contribution in [0.15, 0.2) is 36.4 Å². The maximum atomic E-state index is 13.1. The zero-order chi connectivity index (χ0) is 23.6. The summed E-state index contributed by atoms with van der Waals surface area (Å²) < 4.78 is 24.8. The molecule has 1 aliphatic heterocycles. The van der Waals surface area contributed by atoms with Crippen LogP contribution in [-0.4, -0.2) is 31.2 Å². The van der Waals surface area contributed by atoms with Crippen LogP contribution in [0.4, 0.5) is 5.69 Å². The van der Waals surface area contributed by atoms with Crippen LogP contribution in [0, 0.1) is 5.41 Å². The number of anilines is 1. The fourth-order valence-corrected chi connectivity index (χ4v) is 7.87. The number of benzene rings is 1. The van der Waals surface area contributed by atoms with Gasteiger partial charge in [0, 0.05) is 21.9 Å². The van der Waals surface area contributed by atoms with Gasteiger partial charge in [0.15, 0.2) is 9.84 Å². The minimum absolute atomic E-state index is 0.0221. The number of carbonyl (C=O) groups is 2. The Morgan fingerprint density at radius 3 is 2.53 bits per heavy atom. The number of hydrogen-bond donors (Lipinski definition) is 3. The SMILES string of the molecule is CC(C)(C)CC(=O)Nc1cccc(-c2ccc([C@@]3(CC(=O)NO)CCCCS3(=O)=O)s2)c1. The molecule has 0 spiro atoms. The van der Waals surface area contributed by atoms with Crippen molar-refractivity contribution < 1.29 is 23.2 Å². The summed E-state index contributed by atoms with van der Waals surface area (Å²) in [7, 11) is -3.57. The largest absolute Gasteiger partial charge is 0.326 e. The molecule has 1 aliphatic rings. The topological polar surface area (TPSA) is 113 Å². The molecule has 1 saturated heterocycles. The van der Waals surface area contributed by atoms with Gasteiger partial charge in [0.05, 0.1) is 12.2 Å². The molecular formula is C23H30N2O5S2. The summed E-state index contributed by atoms with van der Waals surface area (Å²) in [5.74, 6) is -0.758. The van der Waals surface area contributed by atoms with Gasteiger partial charge >= 0.3 is 0 Å². The molecular weight excluding hydrogens is 448 g/mol. The van der Waals surface area contributed by atoms with Crippen LogP contribution in [0.25, 0.3) is 10.4 Å². The fourth-order valence-electron chi connectivity index (χ4n) is 4.09. The highest BCUT2D eigenvalue weighted by Gasteiger charge is 2.49. The van der Waals surface area contributed by atoms with Gasteiger partial charge in [-0.15, -0.1) is 11.3 Å². The van der Waals surface area contributed by atoms with Crippen molar-refractivity contribution in [3.05, 3.63) is 41.3 Å². The molecule has 2 aromatic rings. The van der Waals surface area contributed by atoms with Crippen LogP contribution < -0.4 is 10.8 Å². The first-order valence-corrected chi connectivity index (χ1v) is 13.1. The summed E-state index contributed by atoms with van der Waals surface area (Å²) in [5.41, 5.74) is 2.99. The number of thiophene rings is 1. The van der Waals surface area contributed by atoms with E-state index in [2.05, 4.69) is 5.32 Å². The summed E-state index contributed by atoms with van der Waals surface area (Å²) in [5, 5.41) is 11.9. The molecule has 0 bridgehead atoms. The van der Waals surface area contributed by atoms with Gasteiger partial charge in [-0.1, -0.05) is 39.3 Å². The molecule has 7 nitrogen and oxygen atoms in total. The molecule has 3 rings (SSSR count). The third-order valence-corrected chi connectivity index (χ3v) is 9.64. The van der Waals surface area contributed by atoms with Crippen molar-refractivity contribution in [2.24, 2.45) is 5.41 Å². The molecule has 1 aromatic carbocycles. The number of hydrogen-bond acceptors (Lipinski definition) is 6. The number of sulfone groups is 1. The number of nitrogens with one attached hydrogen (secondary N) is 2. The van der Waals surface area contributed by atoms with E-state index in [0.717, 1.165) is 10.4 Å². The number of rotatable bonds is 6. The standard InChI is InChI=1S/C23H30N2O5S2/c1-22(2,3)14-20(26)24-17-8-6-7-16(13-17)18-9-10-19(31-18)23(15-21(27)25-28)11-4-5-12-32(23,29)30/h6-10,13,28H,4-5,11-12,14-15H2,1-3H3,(H,24,26)(H,25,27)/t23-/m0/s1. The molecule has 0 radical (unpaired) electrons. The smallest absolute Gasteiger partial charge is 0.245 e. The lowest BCUT2D eigenvalue weighted by molar-refractivity contribution is -0.130. The van der Waals surface area contributed by atoms with E-state index in [1.54, 1.807) is 11.5 Å². The van der Waals surface area contributed by atoms with Crippen LogP contribution in [-0.2, 0) is 24.2 Å². The lowest BCUT2D eigenvalue weighted by atomic mass is 9.92. The minimum Gasteiger partial charge on any atom is -0.326 e. The van der Waals surface area contributed by atoms with E-state index in [9.17, 15) is 18.0 Å². The Morgan fingerprint density at radius 1 is 1.12 bits per heavy atom. The van der Waals surface area contributed by atoms with Crippen molar-refractivity contribution in [2.45, 2.75) is 57.6 Å². The molecule has 9 heteroatoms. The molecule has 1 atom stereocenters. The third kappa shape index (κ3) is 5.39. The predicted molar refractivity (Wildman–Crippen MR) is 126 cm³/mol. The lowest BCUT2D eigenvalue weighted by Gasteiger charge is -2.35. The van der Waals surface area contributed by atoms with Crippen molar-refractivity contribution in [3.63, 3.8) is 0 Å². The first-order valence-electron chi connectivity index (χ1n) is 10.6. The van der Waals surface area contributed by atoms with Crippen LogP contribution in [0.3, 0.4) is 0 Å². The van der Waals surface area contributed by atoms with Gasteiger partial charge in [0.2, 0.25) is 11.8 Å². The van der Waals surface area contributed by atoms with E-state index in [0.29, 0.717) is 36.2 Å². The van der Waals surface area contributed by atoms with Gasteiger partial charge in [-0.2, -0.15) is 0 Å². The molecule has 32 heavy (non-hydrogen) atoms. The van der Waals surface area contributed by atoms with Crippen LogP contribution in [0.2, 0.25) is 0 Å². The Bertz CT molecular complexity index is 1100. The maximum Gasteiger partial charge on any atom is 0.245 e. The van der Waals surface area contributed by atoms with Gasteiger partial charge in [-0.3, -0.25) is 14.8 Å². The molecule has 0 unspecified atom stereocenters. The third-order valence-electron chi connectivity index (χ3n) is 5.59. The van der Waals surface area contributed by atoms with Gasteiger partial charge < -0.3 is 5.32 Å². The second-order valence-corrected chi connectivity index (χ2v) is 13.0. The summed E-state index contributed by atoms with van der Waals surface area (Å²) in [4.78, 5) is 25.7. The molecule has 1 aromatic heterocycles. The monoisotopic (exact) mass is 478 g/mol. The molecule has 174 valence electrons. The van der Waals surface area contributed by atoms with Crippen molar-refractivity contribution >= 4 is 38.7 Å². The zero-order valence-corrected chi connectivity index (χ0v) is 20.2. The van der Waals surface area contributed by atoms with Crippen LogP contribution in [0.1, 0.15) is 57.8 Å². The van der Waals surface area contributed by atoms with E-state index < -0.39 is 20.5 Å². The van der Waals surface area contributed by atoms with E-state index in [-0.39, 0.29) is 23.5 Å². The molecule has 0 saturated carbocycles. The summed E-state index contributed by atoms with van der Waals surface area (Å²) in [6.45, 7) is 6.01. The van der Waals surface area contributed by atoms with Crippen LogP contribution in [0.5, 0.6) is 0 Å². The van der Waals surface area contributed by atoms with Gasteiger partial charge in [0.1, 0.15) is 4.75 Å². The Morgan fingerprint density at radius 2 is 1.88 bits per heavy atom. The average molecular weight is 479 g/mol. The zero-order valence-electron chi connectivity index (χ0n) is 18.6. The minimum atomic E-state index is -3.57.